The fraction of sp³-hybridized carbons (Fsp3) is 0.444. The van der Waals surface area contributed by atoms with Crippen LogP contribution in [0.5, 0.6) is 0 Å². The molecule has 0 bridgehead atoms. The van der Waals surface area contributed by atoms with Gasteiger partial charge >= 0.3 is 0 Å². The zero-order valence-corrected chi connectivity index (χ0v) is 12.7. The lowest BCUT2D eigenvalue weighted by atomic mass is 10.1. The molecule has 1 aliphatic rings. The van der Waals surface area contributed by atoms with Gasteiger partial charge in [0.15, 0.2) is 0 Å². The van der Waals surface area contributed by atoms with Crippen LogP contribution in [0.3, 0.4) is 0 Å². The molecule has 3 rings (SSSR count). The molecule has 4 nitrogen and oxygen atoms in total. The van der Waals surface area contributed by atoms with E-state index >= 15 is 0 Å². The maximum atomic E-state index is 9.18. The Bertz CT molecular complexity index is 608. The van der Waals surface area contributed by atoms with Crippen molar-refractivity contribution in [1.82, 2.24) is 4.90 Å². The van der Waals surface area contributed by atoms with Crippen molar-refractivity contribution in [3.05, 3.63) is 59.0 Å². The highest BCUT2D eigenvalue weighted by atomic mass is 16.4. The van der Waals surface area contributed by atoms with Gasteiger partial charge in [0.05, 0.1) is 6.54 Å². The largest absolute Gasteiger partial charge is 0.462 e. The SMILES string of the molecule is OCCCN(Cc1ccc(CO)o1)C1CCc2ccccc21. The fourth-order valence-electron chi connectivity index (χ4n) is 3.33. The van der Waals surface area contributed by atoms with Crippen molar-refractivity contribution in [2.45, 2.75) is 38.5 Å². The van der Waals surface area contributed by atoms with Gasteiger partial charge in [-0.1, -0.05) is 24.3 Å². The van der Waals surface area contributed by atoms with Crippen molar-refractivity contribution in [3.63, 3.8) is 0 Å². The molecule has 1 atom stereocenters. The number of aliphatic hydroxyl groups excluding tert-OH is 2. The molecule has 1 aromatic heterocycles. The highest BCUT2D eigenvalue weighted by Crippen LogP contribution is 2.36. The van der Waals surface area contributed by atoms with Crippen LogP contribution in [0.1, 0.15) is 41.5 Å². The minimum absolute atomic E-state index is 0.0666. The average Bonchev–Trinajstić information content (AvgIpc) is 3.18. The molecule has 22 heavy (non-hydrogen) atoms. The number of hydrogen-bond donors (Lipinski definition) is 2. The first kappa shape index (κ1) is 15.3. The molecule has 1 unspecified atom stereocenters. The number of aliphatic hydroxyl groups is 2. The molecule has 118 valence electrons. The van der Waals surface area contributed by atoms with Crippen molar-refractivity contribution in [2.75, 3.05) is 13.2 Å². The van der Waals surface area contributed by atoms with E-state index in [1.165, 1.54) is 11.1 Å². The van der Waals surface area contributed by atoms with Crippen LogP contribution in [0, 0.1) is 0 Å². The lowest BCUT2D eigenvalue weighted by Crippen LogP contribution is -2.28. The monoisotopic (exact) mass is 301 g/mol. The number of rotatable bonds is 7. The summed E-state index contributed by atoms with van der Waals surface area (Å²) >= 11 is 0. The van der Waals surface area contributed by atoms with Gasteiger partial charge in [0.1, 0.15) is 18.1 Å². The number of fused-ring (bicyclic) bond motifs is 1. The molecule has 0 fully saturated rings. The molecule has 0 saturated carbocycles. The number of hydrogen-bond acceptors (Lipinski definition) is 4. The number of nitrogens with zero attached hydrogens (tertiary/aromatic N) is 1. The van der Waals surface area contributed by atoms with E-state index in [2.05, 4.69) is 29.2 Å². The molecular weight excluding hydrogens is 278 g/mol. The summed E-state index contributed by atoms with van der Waals surface area (Å²) in [4.78, 5) is 2.38. The van der Waals surface area contributed by atoms with Crippen LogP contribution in [-0.4, -0.2) is 28.3 Å². The lowest BCUT2D eigenvalue weighted by molar-refractivity contribution is 0.151. The topological polar surface area (TPSA) is 56.8 Å². The Labute approximate surface area is 131 Å². The van der Waals surface area contributed by atoms with E-state index < -0.39 is 0 Å². The third-order valence-electron chi connectivity index (χ3n) is 4.38. The molecule has 1 aromatic carbocycles. The van der Waals surface area contributed by atoms with Gasteiger partial charge in [-0.25, -0.2) is 0 Å². The first-order chi connectivity index (χ1) is 10.8. The smallest absolute Gasteiger partial charge is 0.129 e. The summed E-state index contributed by atoms with van der Waals surface area (Å²) < 4.78 is 5.64. The molecule has 1 aliphatic carbocycles. The van der Waals surface area contributed by atoms with E-state index in [1.807, 2.05) is 12.1 Å². The molecule has 0 saturated heterocycles. The van der Waals surface area contributed by atoms with Gasteiger partial charge in [-0.2, -0.15) is 0 Å². The standard InChI is InChI=1S/C18H23NO3/c20-11-3-10-19(12-15-7-8-16(13-21)22-15)18-9-6-14-4-1-2-5-17(14)18/h1-2,4-5,7-8,18,20-21H,3,6,9-13H2. The third kappa shape index (κ3) is 3.24. The molecule has 4 heteroatoms. The fourth-order valence-corrected chi connectivity index (χ4v) is 3.33. The van der Waals surface area contributed by atoms with Crippen molar-refractivity contribution < 1.29 is 14.6 Å². The molecule has 0 radical (unpaired) electrons. The summed E-state index contributed by atoms with van der Waals surface area (Å²) in [6.07, 6.45) is 2.97. The summed E-state index contributed by atoms with van der Waals surface area (Å²) in [6.45, 7) is 1.68. The quantitative estimate of drug-likeness (QED) is 0.825. The van der Waals surface area contributed by atoms with Crippen molar-refractivity contribution in [1.29, 1.82) is 0 Å². The zero-order valence-electron chi connectivity index (χ0n) is 12.7. The Hall–Kier alpha value is -1.62. The Morgan fingerprint density at radius 1 is 1.09 bits per heavy atom. The van der Waals surface area contributed by atoms with Gasteiger partial charge in [0.2, 0.25) is 0 Å². The van der Waals surface area contributed by atoms with Gasteiger partial charge < -0.3 is 14.6 Å². The van der Waals surface area contributed by atoms with Crippen molar-refractivity contribution in [2.24, 2.45) is 0 Å². The summed E-state index contributed by atoms with van der Waals surface area (Å²) in [6, 6.07) is 12.7. The number of aryl methyl sites for hydroxylation is 1. The summed E-state index contributed by atoms with van der Waals surface area (Å²) in [5, 5.41) is 18.3. The second-order valence-electron chi connectivity index (χ2n) is 5.83. The Kier molecular flexibility index (Phi) is 4.93. The molecule has 2 N–H and O–H groups in total. The van der Waals surface area contributed by atoms with E-state index in [-0.39, 0.29) is 13.2 Å². The Balaban J connectivity index is 1.78. The lowest BCUT2D eigenvalue weighted by Gasteiger charge is -2.28. The van der Waals surface area contributed by atoms with E-state index in [9.17, 15) is 5.11 Å². The van der Waals surface area contributed by atoms with Crippen LogP contribution >= 0.6 is 0 Å². The molecule has 0 amide bonds. The molecule has 1 heterocycles. The van der Waals surface area contributed by atoms with Gasteiger partial charge in [-0.3, -0.25) is 4.90 Å². The number of furan rings is 1. The van der Waals surface area contributed by atoms with Crippen LogP contribution in [0.15, 0.2) is 40.8 Å². The molecular formula is C18H23NO3. The predicted molar refractivity (Wildman–Crippen MR) is 84.2 cm³/mol. The normalized spacial score (nSPS) is 17.1. The highest BCUT2D eigenvalue weighted by Gasteiger charge is 2.27. The van der Waals surface area contributed by atoms with Crippen LogP contribution in [0.2, 0.25) is 0 Å². The first-order valence-corrected chi connectivity index (χ1v) is 7.93. The third-order valence-corrected chi connectivity index (χ3v) is 4.38. The summed E-state index contributed by atoms with van der Waals surface area (Å²) in [7, 11) is 0. The maximum absolute atomic E-state index is 9.18. The minimum atomic E-state index is -0.0666. The summed E-state index contributed by atoms with van der Waals surface area (Å²) in [5.41, 5.74) is 2.83. The van der Waals surface area contributed by atoms with Crippen molar-refractivity contribution in [3.8, 4) is 0 Å². The van der Waals surface area contributed by atoms with E-state index in [1.54, 1.807) is 0 Å². The molecule has 0 aliphatic heterocycles. The van der Waals surface area contributed by atoms with E-state index in [0.717, 1.165) is 31.6 Å². The molecule has 2 aromatic rings. The van der Waals surface area contributed by atoms with Crippen LogP contribution < -0.4 is 0 Å². The first-order valence-electron chi connectivity index (χ1n) is 7.93. The zero-order chi connectivity index (χ0) is 15.4. The minimum Gasteiger partial charge on any atom is -0.462 e. The second kappa shape index (κ2) is 7.09. The van der Waals surface area contributed by atoms with Gasteiger partial charge in [-0.05, 0) is 42.5 Å². The second-order valence-corrected chi connectivity index (χ2v) is 5.83. The molecule has 0 spiro atoms. The van der Waals surface area contributed by atoms with Crippen molar-refractivity contribution >= 4 is 0 Å². The van der Waals surface area contributed by atoms with Gasteiger partial charge in [0, 0.05) is 19.2 Å². The maximum Gasteiger partial charge on any atom is 0.129 e. The van der Waals surface area contributed by atoms with Crippen LogP contribution in [0.25, 0.3) is 0 Å². The average molecular weight is 301 g/mol. The van der Waals surface area contributed by atoms with Crippen LogP contribution in [0.4, 0.5) is 0 Å². The van der Waals surface area contributed by atoms with Gasteiger partial charge in [-0.15, -0.1) is 0 Å². The van der Waals surface area contributed by atoms with Gasteiger partial charge in [0.25, 0.3) is 0 Å². The highest BCUT2D eigenvalue weighted by molar-refractivity contribution is 5.34. The van der Waals surface area contributed by atoms with Crippen LogP contribution in [-0.2, 0) is 19.6 Å². The Morgan fingerprint density at radius 2 is 1.91 bits per heavy atom. The summed E-state index contributed by atoms with van der Waals surface area (Å²) in [5.74, 6) is 1.47. The van der Waals surface area contributed by atoms with E-state index in [0.29, 0.717) is 18.3 Å². The Morgan fingerprint density at radius 3 is 2.68 bits per heavy atom. The number of benzene rings is 1. The predicted octanol–water partition coefficient (Wildman–Crippen LogP) is 2.64. The van der Waals surface area contributed by atoms with E-state index in [4.69, 9.17) is 9.52 Å².